The van der Waals surface area contributed by atoms with Crippen molar-refractivity contribution in [2.75, 3.05) is 6.61 Å². The SMILES string of the molecule is CC(C)CCCCCCCC(C#N)COP. The second-order valence-electron chi connectivity index (χ2n) is 4.90. The van der Waals surface area contributed by atoms with Gasteiger partial charge in [-0.05, 0) is 12.3 Å². The second kappa shape index (κ2) is 11.4. The van der Waals surface area contributed by atoms with Crippen molar-refractivity contribution in [2.45, 2.75) is 58.8 Å². The Bertz CT molecular complexity index is 189. The van der Waals surface area contributed by atoms with E-state index >= 15 is 0 Å². The first-order chi connectivity index (χ1) is 7.70. The summed E-state index contributed by atoms with van der Waals surface area (Å²) in [6.07, 6.45) is 8.76. The molecule has 2 atom stereocenters. The Balaban J connectivity index is 3.23. The molecule has 0 saturated carbocycles. The van der Waals surface area contributed by atoms with Crippen LogP contribution in [-0.4, -0.2) is 6.61 Å². The molecule has 0 bridgehead atoms. The van der Waals surface area contributed by atoms with Crippen molar-refractivity contribution in [3.05, 3.63) is 0 Å². The Morgan fingerprint density at radius 3 is 2.12 bits per heavy atom. The molecule has 0 aromatic carbocycles. The van der Waals surface area contributed by atoms with Crippen LogP contribution in [0.1, 0.15) is 58.8 Å². The Kier molecular flexibility index (Phi) is 11.3. The zero-order valence-corrected chi connectivity index (χ0v) is 11.9. The highest BCUT2D eigenvalue weighted by Gasteiger charge is 2.05. The largest absolute Gasteiger partial charge is 0.364 e. The standard InChI is InChI=1S/C13H26NOP/c1-12(2)8-6-4-3-5-7-9-13(10-14)11-15-16/h12-13H,3-9,11,16H2,1-2H3. The Morgan fingerprint density at radius 2 is 1.62 bits per heavy atom. The van der Waals surface area contributed by atoms with E-state index in [1.807, 2.05) is 0 Å². The van der Waals surface area contributed by atoms with Gasteiger partial charge >= 0.3 is 0 Å². The van der Waals surface area contributed by atoms with Gasteiger partial charge in [-0.15, -0.1) is 0 Å². The van der Waals surface area contributed by atoms with Gasteiger partial charge in [-0.25, -0.2) is 0 Å². The highest BCUT2D eigenvalue weighted by atomic mass is 31.0. The number of hydrogen-bond donors (Lipinski definition) is 0. The van der Waals surface area contributed by atoms with Gasteiger partial charge in [0.15, 0.2) is 0 Å². The van der Waals surface area contributed by atoms with Gasteiger partial charge < -0.3 is 4.52 Å². The summed E-state index contributed by atoms with van der Waals surface area (Å²) in [6, 6.07) is 2.28. The van der Waals surface area contributed by atoms with Crippen molar-refractivity contribution in [1.82, 2.24) is 0 Å². The summed E-state index contributed by atoms with van der Waals surface area (Å²) in [4.78, 5) is 0. The van der Waals surface area contributed by atoms with E-state index in [0.717, 1.165) is 18.8 Å². The average Bonchev–Trinajstić information content (AvgIpc) is 2.26. The molecule has 0 N–H and O–H groups in total. The van der Waals surface area contributed by atoms with Crippen LogP contribution in [0.2, 0.25) is 0 Å². The molecule has 0 aromatic heterocycles. The van der Waals surface area contributed by atoms with E-state index in [4.69, 9.17) is 9.79 Å². The third kappa shape index (κ3) is 10.4. The zero-order valence-electron chi connectivity index (χ0n) is 10.7. The maximum atomic E-state index is 8.82. The molecule has 0 rings (SSSR count). The summed E-state index contributed by atoms with van der Waals surface area (Å²) in [7, 11) is 2.21. The smallest absolute Gasteiger partial charge is 0.0700 e. The van der Waals surface area contributed by atoms with E-state index in [1.165, 1.54) is 32.1 Å². The van der Waals surface area contributed by atoms with Crippen LogP contribution in [0, 0.1) is 23.2 Å². The lowest BCUT2D eigenvalue weighted by atomic mass is 10.0. The van der Waals surface area contributed by atoms with E-state index < -0.39 is 0 Å². The summed E-state index contributed by atoms with van der Waals surface area (Å²) in [5.74, 6) is 0.912. The number of nitriles is 1. The summed E-state index contributed by atoms with van der Waals surface area (Å²) in [6.45, 7) is 5.11. The van der Waals surface area contributed by atoms with Gasteiger partial charge in [-0.3, -0.25) is 0 Å². The fraction of sp³-hybridized carbons (Fsp3) is 0.923. The molecule has 0 aliphatic rings. The highest BCUT2D eigenvalue weighted by molar-refractivity contribution is 7.09. The van der Waals surface area contributed by atoms with E-state index in [9.17, 15) is 0 Å². The molecule has 0 aromatic rings. The molecule has 2 unspecified atom stereocenters. The summed E-state index contributed by atoms with van der Waals surface area (Å²) in [5.41, 5.74) is 0. The Labute approximate surface area is 103 Å². The van der Waals surface area contributed by atoms with Crippen LogP contribution >= 0.6 is 9.47 Å². The van der Waals surface area contributed by atoms with Gasteiger partial charge in [0.25, 0.3) is 0 Å². The minimum Gasteiger partial charge on any atom is -0.364 e. The first-order valence-electron chi connectivity index (χ1n) is 6.42. The van der Waals surface area contributed by atoms with Gasteiger partial charge in [0.05, 0.1) is 18.6 Å². The summed E-state index contributed by atoms with van der Waals surface area (Å²) < 4.78 is 4.91. The molecule has 0 heterocycles. The van der Waals surface area contributed by atoms with Crippen LogP contribution in [-0.2, 0) is 4.52 Å². The Morgan fingerprint density at radius 1 is 1.06 bits per heavy atom. The van der Waals surface area contributed by atoms with Crippen LogP contribution in [0.25, 0.3) is 0 Å². The molecule has 0 aliphatic carbocycles. The number of nitrogens with zero attached hydrogens (tertiary/aromatic N) is 1. The third-order valence-electron chi connectivity index (χ3n) is 2.81. The zero-order chi connectivity index (χ0) is 12.2. The van der Waals surface area contributed by atoms with Gasteiger partial charge in [0, 0.05) is 9.47 Å². The monoisotopic (exact) mass is 243 g/mol. The molecule has 0 fully saturated rings. The van der Waals surface area contributed by atoms with E-state index in [-0.39, 0.29) is 5.92 Å². The molecule has 0 saturated heterocycles. The first kappa shape index (κ1) is 15.9. The molecule has 0 amide bonds. The van der Waals surface area contributed by atoms with Crippen LogP contribution in [0.4, 0.5) is 0 Å². The van der Waals surface area contributed by atoms with E-state index in [1.54, 1.807) is 0 Å². The van der Waals surface area contributed by atoms with Crippen molar-refractivity contribution in [3.63, 3.8) is 0 Å². The fourth-order valence-corrected chi connectivity index (χ4v) is 2.01. The van der Waals surface area contributed by atoms with Crippen LogP contribution in [0.5, 0.6) is 0 Å². The van der Waals surface area contributed by atoms with Gasteiger partial charge in [-0.1, -0.05) is 52.4 Å². The van der Waals surface area contributed by atoms with Gasteiger partial charge in [0.2, 0.25) is 0 Å². The Hall–Kier alpha value is -0.120. The molecule has 16 heavy (non-hydrogen) atoms. The quantitative estimate of drug-likeness (QED) is 0.423. The second-order valence-corrected chi connectivity index (χ2v) is 5.23. The first-order valence-corrected chi connectivity index (χ1v) is 6.89. The van der Waals surface area contributed by atoms with Crippen LogP contribution in [0.15, 0.2) is 0 Å². The lowest BCUT2D eigenvalue weighted by molar-refractivity contribution is 0.309. The predicted octanol–water partition coefficient (Wildman–Crippen LogP) is 4.32. The molecule has 0 aliphatic heterocycles. The molecule has 0 spiro atoms. The fourth-order valence-electron chi connectivity index (χ4n) is 1.77. The molecule has 0 radical (unpaired) electrons. The maximum absolute atomic E-state index is 8.82. The molecule has 3 heteroatoms. The van der Waals surface area contributed by atoms with Crippen molar-refractivity contribution in [3.8, 4) is 6.07 Å². The maximum Gasteiger partial charge on any atom is 0.0700 e. The van der Waals surface area contributed by atoms with Gasteiger partial charge in [-0.2, -0.15) is 5.26 Å². The third-order valence-corrected chi connectivity index (χ3v) is 3.01. The van der Waals surface area contributed by atoms with Crippen molar-refractivity contribution >= 4 is 9.47 Å². The van der Waals surface area contributed by atoms with Crippen molar-refractivity contribution in [1.29, 1.82) is 5.26 Å². The number of hydrogen-bond acceptors (Lipinski definition) is 2. The highest BCUT2D eigenvalue weighted by Crippen LogP contribution is 2.14. The molecule has 2 nitrogen and oxygen atoms in total. The topological polar surface area (TPSA) is 33.0 Å². The van der Waals surface area contributed by atoms with E-state index in [2.05, 4.69) is 29.4 Å². The molecule has 94 valence electrons. The minimum absolute atomic E-state index is 0.0770. The van der Waals surface area contributed by atoms with E-state index in [0.29, 0.717) is 6.61 Å². The summed E-state index contributed by atoms with van der Waals surface area (Å²) >= 11 is 0. The van der Waals surface area contributed by atoms with Crippen LogP contribution < -0.4 is 0 Å². The number of unbranched alkanes of at least 4 members (excludes halogenated alkanes) is 4. The lowest BCUT2D eigenvalue weighted by Crippen LogP contribution is -2.03. The normalized spacial score (nSPS) is 12.7. The van der Waals surface area contributed by atoms with Crippen molar-refractivity contribution < 1.29 is 4.52 Å². The van der Waals surface area contributed by atoms with Crippen LogP contribution in [0.3, 0.4) is 0 Å². The van der Waals surface area contributed by atoms with Crippen molar-refractivity contribution in [2.24, 2.45) is 11.8 Å². The lowest BCUT2D eigenvalue weighted by Gasteiger charge is -2.07. The number of rotatable bonds is 10. The predicted molar refractivity (Wildman–Crippen MR) is 71.9 cm³/mol. The average molecular weight is 243 g/mol. The molecular weight excluding hydrogens is 217 g/mol. The van der Waals surface area contributed by atoms with Gasteiger partial charge in [0.1, 0.15) is 0 Å². The minimum atomic E-state index is 0.0770. The molecular formula is C13H26NOP. The summed E-state index contributed by atoms with van der Waals surface area (Å²) in [5, 5.41) is 8.82.